The Labute approximate surface area is 168 Å². The van der Waals surface area contributed by atoms with Crippen LogP contribution in [0.2, 0.25) is 5.02 Å². The van der Waals surface area contributed by atoms with Crippen molar-refractivity contribution in [3.63, 3.8) is 0 Å². The summed E-state index contributed by atoms with van der Waals surface area (Å²) in [5, 5.41) is 7.63. The molecule has 0 spiro atoms. The number of hydrogen-bond acceptors (Lipinski definition) is 5. The Bertz CT molecular complexity index is 936. The minimum absolute atomic E-state index is 0.0258. The van der Waals surface area contributed by atoms with Crippen molar-refractivity contribution in [3.8, 4) is 11.4 Å². The summed E-state index contributed by atoms with van der Waals surface area (Å²) in [6, 6.07) is 17.0. The molecule has 0 bridgehead atoms. The van der Waals surface area contributed by atoms with Gasteiger partial charge in [-0.2, -0.15) is 4.98 Å². The number of piperidine rings is 1. The number of carbonyl (C=O) groups excluding carboxylic acids is 1. The highest BCUT2D eigenvalue weighted by Gasteiger charge is 2.26. The molecule has 2 heterocycles. The van der Waals surface area contributed by atoms with Crippen molar-refractivity contribution in [2.75, 3.05) is 18.4 Å². The second-order valence-electron chi connectivity index (χ2n) is 6.90. The van der Waals surface area contributed by atoms with Crippen LogP contribution in [0.5, 0.6) is 0 Å². The van der Waals surface area contributed by atoms with Gasteiger partial charge in [-0.15, -0.1) is 0 Å². The van der Waals surface area contributed by atoms with Crippen molar-refractivity contribution in [1.29, 1.82) is 0 Å². The number of rotatable bonds is 5. The molecule has 1 fully saturated rings. The first-order valence-electron chi connectivity index (χ1n) is 9.35. The number of hydrogen-bond donors (Lipinski definition) is 1. The second-order valence-corrected chi connectivity index (χ2v) is 7.30. The van der Waals surface area contributed by atoms with Gasteiger partial charge in [0.05, 0.1) is 11.6 Å². The predicted molar refractivity (Wildman–Crippen MR) is 108 cm³/mol. The number of halogens is 1. The van der Waals surface area contributed by atoms with Crippen LogP contribution >= 0.6 is 11.6 Å². The molecular weight excluding hydrogens is 376 g/mol. The van der Waals surface area contributed by atoms with Gasteiger partial charge in [-0.25, -0.2) is 0 Å². The van der Waals surface area contributed by atoms with Crippen LogP contribution < -0.4 is 5.32 Å². The molecule has 3 aromatic rings. The summed E-state index contributed by atoms with van der Waals surface area (Å²) >= 11 is 6.19. The molecule has 7 heteroatoms. The topological polar surface area (TPSA) is 71.3 Å². The zero-order valence-corrected chi connectivity index (χ0v) is 16.1. The summed E-state index contributed by atoms with van der Waals surface area (Å²) in [6.07, 6.45) is 1.62. The molecule has 1 saturated heterocycles. The van der Waals surface area contributed by atoms with E-state index in [1.165, 1.54) is 0 Å². The van der Waals surface area contributed by atoms with Crippen LogP contribution in [0, 0.1) is 5.92 Å². The van der Waals surface area contributed by atoms with Gasteiger partial charge in [0.15, 0.2) is 0 Å². The number of aromatic nitrogens is 2. The highest BCUT2D eigenvalue weighted by Crippen LogP contribution is 2.26. The maximum absolute atomic E-state index is 12.4. The Kier molecular flexibility index (Phi) is 5.69. The molecule has 28 heavy (non-hydrogen) atoms. The van der Waals surface area contributed by atoms with Crippen LogP contribution in [0.25, 0.3) is 11.4 Å². The van der Waals surface area contributed by atoms with E-state index in [1.54, 1.807) is 6.07 Å². The normalized spacial score (nSPS) is 15.5. The predicted octanol–water partition coefficient (Wildman–Crippen LogP) is 4.24. The van der Waals surface area contributed by atoms with E-state index in [4.69, 9.17) is 16.1 Å². The van der Waals surface area contributed by atoms with Crippen molar-refractivity contribution in [1.82, 2.24) is 15.0 Å². The molecular formula is C21H21ClN4O2. The van der Waals surface area contributed by atoms with Gasteiger partial charge in [-0.05, 0) is 50.2 Å². The van der Waals surface area contributed by atoms with Crippen LogP contribution in [-0.2, 0) is 11.3 Å². The summed E-state index contributed by atoms with van der Waals surface area (Å²) in [5.41, 5.74) is 1.60. The SMILES string of the molecule is O=C(Nc1ccccc1)C1CCN(Cc2nc(-c3ccccc3Cl)no2)CC1. The molecule has 144 valence electrons. The molecule has 4 rings (SSSR count). The minimum Gasteiger partial charge on any atom is -0.338 e. The quantitative estimate of drug-likeness (QED) is 0.698. The standard InChI is InChI=1S/C21H21ClN4O2/c22-18-9-5-4-8-17(18)20-24-19(28-25-20)14-26-12-10-15(11-13-26)21(27)23-16-6-2-1-3-7-16/h1-9,15H,10-14H2,(H,23,27). The zero-order chi connectivity index (χ0) is 19.3. The first-order chi connectivity index (χ1) is 13.7. The molecule has 0 aliphatic carbocycles. The van der Waals surface area contributed by atoms with E-state index in [1.807, 2.05) is 48.5 Å². The summed E-state index contributed by atoms with van der Waals surface area (Å²) in [7, 11) is 0. The Morgan fingerprint density at radius 3 is 2.57 bits per heavy atom. The van der Waals surface area contributed by atoms with Gasteiger partial charge in [0.2, 0.25) is 17.6 Å². The largest absolute Gasteiger partial charge is 0.338 e. The van der Waals surface area contributed by atoms with Gasteiger partial charge >= 0.3 is 0 Å². The zero-order valence-electron chi connectivity index (χ0n) is 15.3. The molecule has 0 atom stereocenters. The third-order valence-corrected chi connectivity index (χ3v) is 5.27. The van der Waals surface area contributed by atoms with E-state index in [0.717, 1.165) is 37.2 Å². The molecule has 1 aromatic heterocycles. The smallest absolute Gasteiger partial charge is 0.241 e. The lowest BCUT2D eigenvalue weighted by Gasteiger charge is -2.30. The third-order valence-electron chi connectivity index (χ3n) is 4.94. The number of carbonyl (C=O) groups is 1. The summed E-state index contributed by atoms with van der Waals surface area (Å²) in [5.74, 6) is 1.17. The highest BCUT2D eigenvalue weighted by atomic mass is 35.5. The fourth-order valence-electron chi connectivity index (χ4n) is 3.38. The van der Waals surface area contributed by atoms with E-state index in [2.05, 4.69) is 20.4 Å². The van der Waals surface area contributed by atoms with Crippen molar-refractivity contribution in [2.24, 2.45) is 5.92 Å². The molecule has 0 saturated carbocycles. The summed E-state index contributed by atoms with van der Waals surface area (Å²) in [6.45, 7) is 2.21. The van der Waals surface area contributed by atoms with Crippen molar-refractivity contribution in [2.45, 2.75) is 19.4 Å². The average Bonchev–Trinajstić information content (AvgIpc) is 3.18. The summed E-state index contributed by atoms with van der Waals surface area (Å²) in [4.78, 5) is 19.1. The van der Waals surface area contributed by atoms with Gasteiger partial charge in [-0.3, -0.25) is 9.69 Å². The van der Waals surface area contributed by atoms with Gasteiger partial charge in [0.25, 0.3) is 0 Å². The van der Waals surface area contributed by atoms with Crippen molar-refractivity contribution >= 4 is 23.2 Å². The van der Waals surface area contributed by atoms with Gasteiger partial charge in [-0.1, -0.05) is 47.1 Å². The van der Waals surface area contributed by atoms with Crippen LogP contribution in [0.1, 0.15) is 18.7 Å². The van der Waals surface area contributed by atoms with Crippen LogP contribution in [0.4, 0.5) is 5.69 Å². The van der Waals surface area contributed by atoms with Crippen LogP contribution in [0.15, 0.2) is 59.1 Å². The van der Waals surface area contributed by atoms with Crippen LogP contribution in [0.3, 0.4) is 0 Å². The fraction of sp³-hybridized carbons (Fsp3) is 0.286. The number of nitrogens with one attached hydrogen (secondary N) is 1. The number of anilines is 1. The number of benzene rings is 2. The number of para-hydroxylation sites is 1. The Balaban J connectivity index is 1.30. The summed E-state index contributed by atoms with van der Waals surface area (Å²) < 4.78 is 5.39. The van der Waals surface area contributed by atoms with Crippen molar-refractivity contribution < 1.29 is 9.32 Å². The highest BCUT2D eigenvalue weighted by molar-refractivity contribution is 6.33. The minimum atomic E-state index is 0.0258. The monoisotopic (exact) mass is 396 g/mol. The van der Waals surface area contributed by atoms with E-state index in [0.29, 0.717) is 23.3 Å². The molecule has 1 amide bonds. The Morgan fingerprint density at radius 2 is 1.82 bits per heavy atom. The molecule has 6 nitrogen and oxygen atoms in total. The van der Waals surface area contributed by atoms with Gasteiger partial charge in [0, 0.05) is 17.2 Å². The maximum atomic E-state index is 12.4. The van der Waals surface area contributed by atoms with E-state index < -0.39 is 0 Å². The second kappa shape index (κ2) is 8.54. The number of amides is 1. The van der Waals surface area contributed by atoms with Crippen molar-refractivity contribution in [3.05, 3.63) is 65.5 Å². The molecule has 0 radical (unpaired) electrons. The van der Waals surface area contributed by atoms with E-state index in [-0.39, 0.29) is 11.8 Å². The third kappa shape index (κ3) is 4.40. The molecule has 2 aromatic carbocycles. The first kappa shape index (κ1) is 18.7. The van der Waals surface area contributed by atoms with Gasteiger partial charge < -0.3 is 9.84 Å². The lowest BCUT2D eigenvalue weighted by molar-refractivity contribution is -0.121. The maximum Gasteiger partial charge on any atom is 0.241 e. The van der Waals surface area contributed by atoms with Gasteiger partial charge in [0.1, 0.15) is 0 Å². The number of likely N-dealkylation sites (tertiary alicyclic amines) is 1. The first-order valence-corrected chi connectivity index (χ1v) is 9.72. The van der Waals surface area contributed by atoms with E-state index in [9.17, 15) is 4.79 Å². The average molecular weight is 397 g/mol. The fourth-order valence-corrected chi connectivity index (χ4v) is 3.60. The molecule has 1 N–H and O–H groups in total. The lowest BCUT2D eigenvalue weighted by Crippen LogP contribution is -2.37. The molecule has 1 aliphatic heterocycles. The Hall–Kier alpha value is -2.70. The van der Waals surface area contributed by atoms with Crippen LogP contribution in [-0.4, -0.2) is 34.0 Å². The number of nitrogens with zero attached hydrogens (tertiary/aromatic N) is 3. The lowest BCUT2D eigenvalue weighted by atomic mass is 9.96. The van der Waals surface area contributed by atoms with E-state index >= 15 is 0 Å². The Morgan fingerprint density at radius 1 is 1.11 bits per heavy atom. The molecule has 1 aliphatic rings. The molecule has 0 unspecified atom stereocenters.